The molecule has 0 heterocycles. The van der Waals surface area contributed by atoms with Crippen LogP contribution < -0.4 is 14.8 Å². The number of methoxy groups -OCH3 is 2. The fraction of sp³-hybridized carbons (Fsp3) is 0.300. The van der Waals surface area contributed by atoms with E-state index >= 15 is 0 Å². The van der Waals surface area contributed by atoms with Crippen LogP contribution in [0.2, 0.25) is 0 Å². The Balaban J connectivity index is 1.60. The molecule has 2 aromatic carbocycles. The van der Waals surface area contributed by atoms with Crippen LogP contribution in [-0.2, 0) is 11.3 Å². The maximum absolute atomic E-state index is 12.4. The zero-order valence-electron chi connectivity index (χ0n) is 14.7. The van der Waals surface area contributed by atoms with Crippen LogP contribution in [0.15, 0.2) is 42.5 Å². The van der Waals surface area contributed by atoms with Crippen molar-refractivity contribution in [1.82, 2.24) is 5.32 Å². The minimum absolute atomic E-state index is 0.0227. The lowest BCUT2D eigenvalue weighted by Crippen LogP contribution is -2.25. The maximum atomic E-state index is 12.4. The van der Waals surface area contributed by atoms with Gasteiger partial charge in [-0.2, -0.15) is 0 Å². The molecule has 26 heavy (non-hydrogen) atoms. The number of hydrogen-bond donors (Lipinski definition) is 2. The molecule has 0 unspecified atom stereocenters. The largest absolute Gasteiger partial charge is 0.497 e. The summed E-state index contributed by atoms with van der Waals surface area (Å²) in [5.74, 6) is 0.150. The first-order chi connectivity index (χ1) is 12.5. The normalized spacial score (nSPS) is 18.1. The first-order valence-corrected chi connectivity index (χ1v) is 8.35. The van der Waals surface area contributed by atoms with Crippen molar-refractivity contribution >= 4 is 11.9 Å². The van der Waals surface area contributed by atoms with Gasteiger partial charge in [0, 0.05) is 12.5 Å². The number of carbonyl (C=O) groups excluding carboxylic acids is 1. The van der Waals surface area contributed by atoms with Gasteiger partial charge in [-0.05, 0) is 47.7 Å². The predicted octanol–water partition coefficient (Wildman–Crippen LogP) is 2.82. The van der Waals surface area contributed by atoms with Crippen LogP contribution in [0.3, 0.4) is 0 Å². The maximum Gasteiger partial charge on any atom is 0.339 e. The van der Waals surface area contributed by atoms with Crippen molar-refractivity contribution in [2.45, 2.75) is 18.9 Å². The first kappa shape index (κ1) is 17.8. The molecule has 2 aromatic rings. The van der Waals surface area contributed by atoms with Crippen molar-refractivity contribution in [2.24, 2.45) is 5.92 Å². The average molecular weight is 355 g/mol. The second kappa shape index (κ2) is 7.47. The van der Waals surface area contributed by atoms with Crippen LogP contribution >= 0.6 is 0 Å². The number of amides is 1. The minimum Gasteiger partial charge on any atom is -0.497 e. The first-order valence-electron chi connectivity index (χ1n) is 8.35. The van der Waals surface area contributed by atoms with Crippen molar-refractivity contribution < 1.29 is 24.2 Å². The molecular formula is C20H21NO5. The van der Waals surface area contributed by atoms with Crippen LogP contribution in [0, 0.1) is 5.92 Å². The Morgan fingerprint density at radius 2 is 1.96 bits per heavy atom. The second-order valence-corrected chi connectivity index (χ2v) is 6.28. The number of rotatable bonds is 7. The highest BCUT2D eigenvalue weighted by Crippen LogP contribution is 2.48. The number of ether oxygens (including phenoxy) is 2. The molecular weight excluding hydrogens is 334 g/mol. The van der Waals surface area contributed by atoms with Crippen molar-refractivity contribution in [3.8, 4) is 11.5 Å². The summed E-state index contributed by atoms with van der Waals surface area (Å²) in [5.41, 5.74) is 1.90. The van der Waals surface area contributed by atoms with E-state index in [1.165, 1.54) is 13.2 Å². The molecule has 136 valence electrons. The zero-order chi connectivity index (χ0) is 18.7. The van der Waals surface area contributed by atoms with Gasteiger partial charge in [0.05, 0.1) is 14.2 Å². The van der Waals surface area contributed by atoms with Crippen molar-refractivity contribution in [1.29, 1.82) is 0 Å². The highest BCUT2D eigenvalue weighted by atomic mass is 16.5. The lowest BCUT2D eigenvalue weighted by atomic mass is 10.1. The Kier molecular flexibility index (Phi) is 5.11. The van der Waals surface area contributed by atoms with Crippen LogP contribution in [0.1, 0.15) is 33.8 Å². The molecule has 1 saturated carbocycles. The molecule has 1 fully saturated rings. The topological polar surface area (TPSA) is 84.9 Å². The van der Waals surface area contributed by atoms with E-state index in [2.05, 4.69) is 5.32 Å². The third-order valence-corrected chi connectivity index (χ3v) is 4.61. The molecule has 0 bridgehead atoms. The van der Waals surface area contributed by atoms with E-state index in [9.17, 15) is 14.7 Å². The van der Waals surface area contributed by atoms with Crippen LogP contribution in [0.5, 0.6) is 11.5 Å². The van der Waals surface area contributed by atoms with Gasteiger partial charge in [0.25, 0.3) is 0 Å². The molecule has 6 nitrogen and oxygen atoms in total. The third kappa shape index (κ3) is 3.79. The minimum atomic E-state index is -1.06. The Bertz CT molecular complexity index is 833. The zero-order valence-corrected chi connectivity index (χ0v) is 14.7. The number of carboxylic acids is 1. The Morgan fingerprint density at radius 1 is 1.15 bits per heavy atom. The average Bonchev–Trinajstić information content (AvgIpc) is 3.46. The van der Waals surface area contributed by atoms with E-state index < -0.39 is 5.97 Å². The monoisotopic (exact) mass is 355 g/mol. The standard InChI is InChI=1S/C20H21NO5/c1-25-14-5-3-4-13(9-14)15-10-16(15)19(22)21-11-12-6-7-18(26-2)17(8-12)20(23)24/h3-9,15-16H,10-11H2,1-2H3,(H,21,22)(H,23,24)/t15-,16-/m0/s1. The van der Waals surface area contributed by atoms with Gasteiger partial charge in [-0.3, -0.25) is 4.79 Å². The third-order valence-electron chi connectivity index (χ3n) is 4.61. The molecule has 2 N–H and O–H groups in total. The van der Waals surface area contributed by atoms with Gasteiger partial charge in [-0.15, -0.1) is 0 Å². The molecule has 3 rings (SSSR count). The number of aromatic carboxylic acids is 1. The highest BCUT2D eigenvalue weighted by Gasteiger charge is 2.43. The van der Waals surface area contributed by atoms with E-state index in [0.717, 1.165) is 23.3 Å². The summed E-state index contributed by atoms with van der Waals surface area (Å²) >= 11 is 0. The SMILES string of the molecule is COc1cccc([C@@H]2C[C@@H]2C(=O)NCc2ccc(OC)c(C(=O)O)c2)c1. The lowest BCUT2D eigenvalue weighted by molar-refractivity contribution is -0.122. The Morgan fingerprint density at radius 3 is 2.65 bits per heavy atom. The van der Waals surface area contributed by atoms with Gasteiger partial charge in [-0.1, -0.05) is 18.2 Å². The molecule has 0 aliphatic heterocycles. The Labute approximate surface area is 151 Å². The van der Waals surface area contributed by atoms with E-state index in [4.69, 9.17) is 9.47 Å². The summed E-state index contributed by atoms with van der Waals surface area (Å²) in [5, 5.41) is 12.1. The fourth-order valence-corrected chi connectivity index (χ4v) is 3.08. The summed E-state index contributed by atoms with van der Waals surface area (Å²) in [6.45, 7) is 0.282. The number of nitrogens with one attached hydrogen (secondary N) is 1. The smallest absolute Gasteiger partial charge is 0.339 e. The van der Waals surface area contributed by atoms with Gasteiger partial charge in [0.2, 0.25) is 5.91 Å². The number of hydrogen-bond acceptors (Lipinski definition) is 4. The van der Waals surface area contributed by atoms with E-state index in [1.807, 2.05) is 24.3 Å². The lowest BCUT2D eigenvalue weighted by Gasteiger charge is -2.09. The fourth-order valence-electron chi connectivity index (χ4n) is 3.08. The van der Waals surface area contributed by atoms with Gasteiger partial charge in [-0.25, -0.2) is 4.79 Å². The summed E-state index contributed by atoms with van der Waals surface area (Å²) in [6, 6.07) is 12.6. The van der Waals surface area contributed by atoms with Gasteiger partial charge >= 0.3 is 5.97 Å². The summed E-state index contributed by atoms with van der Waals surface area (Å²) in [4.78, 5) is 23.6. The number of carbonyl (C=O) groups is 2. The summed E-state index contributed by atoms with van der Waals surface area (Å²) in [6.07, 6.45) is 0.808. The van der Waals surface area contributed by atoms with E-state index in [0.29, 0.717) is 5.75 Å². The molecule has 0 spiro atoms. The molecule has 0 aromatic heterocycles. The van der Waals surface area contributed by atoms with Gasteiger partial charge in [0.1, 0.15) is 17.1 Å². The number of carboxylic acid groups (broad SMARTS) is 1. The molecule has 1 aliphatic rings. The second-order valence-electron chi connectivity index (χ2n) is 6.28. The quantitative estimate of drug-likeness (QED) is 0.798. The van der Waals surface area contributed by atoms with Gasteiger partial charge < -0.3 is 19.9 Å². The molecule has 0 saturated heterocycles. The Hall–Kier alpha value is -3.02. The molecule has 1 amide bonds. The predicted molar refractivity (Wildman–Crippen MR) is 95.6 cm³/mol. The van der Waals surface area contributed by atoms with Crippen molar-refractivity contribution in [2.75, 3.05) is 14.2 Å². The summed E-state index contributed by atoms with van der Waals surface area (Å²) in [7, 11) is 3.05. The highest BCUT2D eigenvalue weighted by molar-refractivity contribution is 5.91. The molecule has 2 atom stereocenters. The van der Waals surface area contributed by atoms with Crippen LogP contribution in [-0.4, -0.2) is 31.2 Å². The molecule has 6 heteroatoms. The van der Waals surface area contributed by atoms with Crippen LogP contribution in [0.25, 0.3) is 0 Å². The van der Waals surface area contributed by atoms with Crippen molar-refractivity contribution in [3.63, 3.8) is 0 Å². The summed E-state index contributed by atoms with van der Waals surface area (Å²) < 4.78 is 10.3. The van der Waals surface area contributed by atoms with E-state index in [-0.39, 0.29) is 29.9 Å². The molecule has 0 radical (unpaired) electrons. The molecule has 1 aliphatic carbocycles. The number of benzene rings is 2. The van der Waals surface area contributed by atoms with E-state index in [1.54, 1.807) is 19.2 Å². The van der Waals surface area contributed by atoms with Crippen LogP contribution in [0.4, 0.5) is 0 Å². The van der Waals surface area contributed by atoms with Gasteiger partial charge in [0.15, 0.2) is 0 Å². The van der Waals surface area contributed by atoms with Crippen molar-refractivity contribution in [3.05, 3.63) is 59.2 Å².